The Balaban J connectivity index is 1.76. The molecule has 0 saturated carbocycles. The first-order chi connectivity index (χ1) is 11.0. The maximum atomic E-state index is 9.59. The molecule has 1 aromatic heterocycles. The molecule has 0 saturated heterocycles. The van der Waals surface area contributed by atoms with E-state index in [1.807, 2.05) is 19.1 Å². The molecule has 1 heterocycles. The van der Waals surface area contributed by atoms with Crippen LogP contribution in [0.5, 0.6) is 5.75 Å². The van der Waals surface area contributed by atoms with Gasteiger partial charge < -0.3 is 0 Å². The van der Waals surface area contributed by atoms with Gasteiger partial charge >= 0.3 is 143 Å². The Morgan fingerprint density at radius 2 is 1.78 bits per heavy atom. The van der Waals surface area contributed by atoms with Crippen LogP contribution in [-0.4, -0.2) is 24.6 Å². The number of aromatic hydroxyl groups is 1. The van der Waals surface area contributed by atoms with Gasteiger partial charge in [0.1, 0.15) is 0 Å². The maximum absolute atomic E-state index is 9.59. The Kier molecular flexibility index (Phi) is 4.56. The van der Waals surface area contributed by atoms with E-state index >= 15 is 0 Å². The average Bonchev–Trinajstić information content (AvgIpc) is 2.90. The van der Waals surface area contributed by atoms with Gasteiger partial charge in [0.05, 0.1) is 0 Å². The van der Waals surface area contributed by atoms with Gasteiger partial charge in [0, 0.05) is 0 Å². The summed E-state index contributed by atoms with van der Waals surface area (Å²) in [4.78, 5) is 4.76. The minimum atomic E-state index is 0.262. The van der Waals surface area contributed by atoms with Crippen molar-refractivity contribution < 1.29 is 5.11 Å². The van der Waals surface area contributed by atoms with Crippen molar-refractivity contribution in [1.29, 1.82) is 0 Å². The molecule has 0 unspecified atom stereocenters. The predicted molar refractivity (Wildman–Crippen MR) is 96.3 cm³/mol. The van der Waals surface area contributed by atoms with Gasteiger partial charge in [-0.05, 0) is 0 Å². The van der Waals surface area contributed by atoms with Crippen LogP contribution in [0.1, 0.15) is 21.3 Å². The SMILES string of the molecule is Cc1ccc(-c2nc(C)c(CNc3ccc(O)c(C)c3)[se]2)cc1. The van der Waals surface area contributed by atoms with E-state index in [1.165, 1.54) is 20.1 Å². The summed E-state index contributed by atoms with van der Waals surface area (Å²) >= 11 is 0.262. The summed E-state index contributed by atoms with van der Waals surface area (Å²) in [6.45, 7) is 6.89. The molecule has 3 aromatic rings. The minimum absolute atomic E-state index is 0.262. The van der Waals surface area contributed by atoms with Crippen molar-refractivity contribution >= 4 is 20.2 Å². The third-order valence-electron chi connectivity index (χ3n) is 3.84. The second kappa shape index (κ2) is 6.61. The van der Waals surface area contributed by atoms with Crippen molar-refractivity contribution in [2.24, 2.45) is 0 Å². The molecule has 0 atom stereocenters. The molecule has 0 amide bonds. The third kappa shape index (κ3) is 3.66. The summed E-state index contributed by atoms with van der Waals surface area (Å²) in [6, 6.07) is 14.2. The van der Waals surface area contributed by atoms with Crippen LogP contribution in [0.2, 0.25) is 0 Å². The van der Waals surface area contributed by atoms with E-state index in [1.54, 1.807) is 6.07 Å². The van der Waals surface area contributed by atoms with E-state index < -0.39 is 0 Å². The number of rotatable bonds is 4. The van der Waals surface area contributed by atoms with Crippen molar-refractivity contribution in [2.75, 3.05) is 5.32 Å². The van der Waals surface area contributed by atoms with Crippen LogP contribution >= 0.6 is 0 Å². The van der Waals surface area contributed by atoms with Gasteiger partial charge in [0.25, 0.3) is 0 Å². The molecular weight excluding hydrogens is 351 g/mol. The Hall–Kier alpha value is -2.03. The van der Waals surface area contributed by atoms with E-state index in [0.717, 1.165) is 23.5 Å². The summed E-state index contributed by atoms with van der Waals surface area (Å²) in [5.41, 5.74) is 5.54. The Bertz CT molecular complexity index is 822. The number of nitrogens with one attached hydrogen (secondary N) is 1. The first-order valence-electron chi connectivity index (χ1n) is 7.60. The zero-order valence-electron chi connectivity index (χ0n) is 13.6. The quantitative estimate of drug-likeness (QED) is 0.537. The van der Waals surface area contributed by atoms with Gasteiger partial charge in [-0.25, -0.2) is 0 Å². The molecule has 2 aromatic carbocycles. The summed E-state index contributed by atoms with van der Waals surface area (Å²) in [7, 11) is 0. The number of aryl methyl sites for hydroxylation is 3. The van der Waals surface area contributed by atoms with E-state index in [9.17, 15) is 5.11 Å². The summed E-state index contributed by atoms with van der Waals surface area (Å²) in [5, 5.41) is 13.0. The Morgan fingerprint density at radius 1 is 1.04 bits per heavy atom. The van der Waals surface area contributed by atoms with Gasteiger partial charge in [-0.3, -0.25) is 0 Å². The van der Waals surface area contributed by atoms with Crippen LogP contribution in [0.15, 0.2) is 42.5 Å². The molecule has 118 valence electrons. The van der Waals surface area contributed by atoms with Gasteiger partial charge in [-0.15, -0.1) is 0 Å². The fourth-order valence-electron chi connectivity index (χ4n) is 2.36. The second-order valence-corrected chi connectivity index (χ2v) is 8.02. The number of anilines is 1. The zero-order valence-corrected chi connectivity index (χ0v) is 15.3. The fourth-order valence-corrected chi connectivity index (χ4v) is 4.47. The van der Waals surface area contributed by atoms with Crippen molar-refractivity contribution in [3.05, 3.63) is 63.7 Å². The number of benzene rings is 2. The average molecular weight is 371 g/mol. The van der Waals surface area contributed by atoms with Crippen LogP contribution in [0, 0.1) is 20.8 Å². The molecule has 0 radical (unpaired) electrons. The summed E-state index contributed by atoms with van der Waals surface area (Å²) in [5.74, 6) is 0.334. The van der Waals surface area contributed by atoms with E-state index in [-0.39, 0.29) is 14.5 Å². The van der Waals surface area contributed by atoms with Crippen LogP contribution in [-0.2, 0) is 6.54 Å². The number of phenolic OH excluding ortho intramolecular Hbond substituents is 1. The zero-order chi connectivity index (χ0) is 16.4. The summed E-state index contributed by atoms with van der Waals surface area (Å²) in [6.07, 6.45) is 0. The van der Waals surface area contributed by atoms with Crippen LogP contribution in [0.4, 0.5) is 5.69 Å². The molecule has 23 heavy (non-hydrogen) atoms. The molecule has 2 N–H and O–H groups in total. The van der Waals surface area contributed by atoms with Crippen molar-refractivity contribution in [3.8, 4) is 15.9 Å². The van der Waals surface area contributed by atoms with Crippen LogP contribution < -0.4 is 5.32 Å². The van der Waals surface area contributed by atoms with Gasteiger partial charge in [-0.2, -0.15) is 0 Å². The van der Waals surface area contributed by atoms with Gasteiger partial charge in [0.2, 0.25) is 0 Å². The van der Waals surface area contributed by atoms with Gasteiger partial charge in [-0.1, -0.05) is 0 Å². The van der Waals surface area contributed by atoms with Crippen molar-refractivity contribution in [3.63, 3.8) is 0 Å². The number of aromatic nitrogens is 1. The molecule has 0 bridgehead atoms. The van der Waals surface area contributed by atoms with Crippen molar-refractivity contribution in [1.82, 2.24) is 4.98 Å². The van der Waals surface area contributed by atoms with Crippen molar-refractivity contribution in [2.45, 2.75) is 27.3 Å². The number of hydrogen-bond donors (Lipinski definition) is 2. The number of hydrogen-bond acceptors (Lipinski definition) is 3. The predicted octanol–water partition coefficient (Wildman–Crippen LogP) is 4.05. The Morgan fingerprint density at radius 3 is 2.48 bits per heavy atom. The molecule has 0 aliphatic rings. The molecular formula is C19H20N2OSe. The number of nitrogens with zero attached hydrogens (tertiary/aromatic N) is 1. The van der Waals surface area contributed by atoms with E-state index in [0.29, 0.717) is 5.75 Å². The molecule has 0 spiro atoms. The molecule has 0 aliphatic heterocycles. The van der Waals surface area contributed by atoms with Crippen LogP contribution in [0.3, 0.4) is 0 Å². The molecule has 4 heteroatoms. The molecule has 0 fully saturated rings. The topological polar surface area (TPSA) is 45.2 Å². The molecule has 3 rings (SSSR count). The standard InChI is InChI=1S/C19H20N2OSe/c1-12-4-6-15(7-5-12)19-21-14(3)18(23-19)11-20-16-8-9-17(22)13(2)10-16/h4-10,20,22H,11H2,1-3H3. The second-order valence-electron chi connectivity index (χ2n) is 5.75. The normalized spacial score (nSPS) is 10.7. The van der Waals surface area contributed by atoms with E-state index in [2.05, 4.69) is 43.4 Å². The first-order valence-corrected chi connectivity index (χ1v) is 9.31. The molecule has 3 nitrogen and oxygen atoms in total. The fraction of sp³-hybridized carbons (Fsp3) is 0.211. The first kappa shape index (κ1) is 15.8. The monoisotopic (exact) mass is 372 g/mol. The third-order valence-corrected chi connectivity index (χ3v) is 6.37. The summed E-state index contributed by atoms with van der Waals surface area (Å²) < 4.78 is 2.58. The van der Waals surface area contributed by atoms with Crippen LogP contribution in [0.25, 0.3) is 10.1 Å². The number of phenols is 1. The van der Waals surface area contributed by atoms with Gasteiger partial charge in [0.15, 0.2) is 0 Å². The molecule has 0 aliphatic carbocycles. The van der Waals surface area contributed by atoms with E-state index in [4.69, 9.17) is 4.98 Å². The Labute approximate surface area is 142 Å².